The molecule has 0 aliphatic heterocycles. The highest BCUT2D eigenvalue weighted by atomic mass is 35.5. The van der Waals surface area contributed by atoms with Gasteiger partial charge in [-0.2, -0.15) is 0 Å². The number of amides is 1. The number of fused-ring (bicyclic) bond motifs is 1. The smallest absolute Gasteiger partial charge is 0.240 e. The first kappa shape index (κ1) is 21.8. The first-order valence-corrected chi connectivity index (χ1v) is 10.1. The van der Waals surface area contributed by atoms with Crippen molar-refractivity contribution in [1.29, 1.82) is 0 Å². The van der Waals surface area contributed by atoms with E-state index in [2.05, 4.69) is 15.0 Å². The Morgan fingerprint density at radius 3 is 2.57 bits per heavy atom. The molecule has 148 valence electrons. The van der Waals surface area contributed by atoms with Crippen LogP contribution in [0.15, 0.2) is 71.9 Å². The number of benzene rings is 2. The fourth-order valence-corrected chi connectivity index (χ4v) is 3.99. The molecule has 1 heterocycles. The highest BCUT2D eigenvalue weighted by molar-refractivity contribution is 7.89. The summed E-state index contributed by atoms with van der Waals surface area (Å²) >= 11 is 0. The molecular weight excluding hydrogens is 398 g/mol. The van der Waals surface area contributed by atoms with Crippen LogP contribution in [-0.2, 0) is 21.2 Å². The summed E-state index contributed by atoms with van der Waals surface area (Å²) in [6.07, 6.45) is 3.57. The first-order valence-electron chi connectivity index (χ1n) is 8.61. The third-order valence-corrected chi connectivity index (χ3v) is 5.68. The van der Waals surface area contributed by atoms with Gasteiger partial charge in [-0.05, 0) is 36.1 Å². The third-order valence-electron chi connectivity index (χ3n) is 4.09. The molecule has 6 nitrogen and oxygen atoms in total. The highest BCUT2D eigenvalue weighted by Crippen LogP contribution is 2.18. The first-order chi connectivity index (χ1) is 12.9. The largest absolute Gasteiger partial charge is 0.354 e. The van der Waals surface area contributed by atoms with Gasteiger partial charge in [-0.15, -0.1) is 12.4 Å². The van der Waals surface area contributed by atoms with Crippen molar-refractivity contribution in [2.75, 3.05) is 6.54 Å². The molecule has 8 heteroatoms. The summed E-state index contributed by atoms with van der Waals surface area (Å²) in [6.45, 7) is 1.92. The van der Waals surface area contributed by atoms with Crippen LogP contribution in [0.4, 0.5) is 0 Å². The van der Waals surface area contributed by atoms with Gasteiger partial charge in [0, 0.05) is 30.4 Å². The minimum absolute atomic E-state index is 0. The molecule has 2 aromatic carbocycles. The lowest BCUT2D eigenvalue weighted by Crippen LogP contribution is -2.42. The van der Waals surface area contributed by atoms with Gasteiger partial charge < -0.3 is 5.32 Å². The summed E-state index contributed by atoms with van der Waals surface area (Å²) < 4.78 is 27.8. The average Bonchev–Trinajstić information content (AvgIpc) is 2.66. The monoisotopic (exact) mass is 419 g/mol. The zero-order chi connectivity index (χ0) is 19.3. The number of halogens is 1. The lowest BCUT2D eigenvalue weighted by Gasteiger charge is -2.15. The van der Waals surface area contributed by atoms with Gasteiger partial charge in [0.25, 0.3) is 0 Å². The maximum atomic E-state index is 12.6. The van der Waals surface area contributed by atoms with E-state index in [1.165, 1.54) is 0 Å². The molecule has 0 saturated carbocycles. The van der Waals surface area contributed by atoms with Crippen molar-refractivity contribution in [3.63, 3.8) is 0 Å². The fraction of sp³-hybridized carbons (Fsp3) is 0.200. The number of hydrogen-bond donors (Lipinski definition) is 2. The Morgan fingerprint density at radius 2 is 1.82 bits per heavy atom. The third kappa shape index (κ3) is 5.76. The van der Waals surface area contributed by atoms with Crippen LogP contribution in [0.5, 0.6) is 0 Å². The van der Waals surface area contributed by atoms with Gasteiger partial charge in [0.1, 0.15) is 0 Å². The van der Waals surface area contributed by atoms with E-state index in [-0.39, 0.29) is 36.2 Å². The molecule has 0 aliphatic rings. The Bertz CT molecular complexity index is 1040. The van der Waals surface area contributed by atoms with Crippen LogP contribution in [0.25, 0.3) is 10.8 Å². The zero-order valence-electron chi connectivity index (χ0n) is 15.3. The van der Waals surface area contributed by atoms with Crippen LogP contribution in [0.3, 0.4) is 0 Å². The molecule has 1 unspecified atom stereocenters. The van der Waals surface area contributed by atoms with E-state index in [1.54, 1.807) is 43.6 Å². The van der Waals surface area contributed by atoms with Crippen LogP contribution in [0.1, 0.15) is 12.5 Å². The van der Waals surface area contributed by atoms with Crippen molar-refractivity contribution in [1.82, 2.24) is 15.0 Å². The van der Waals surface area contributed by atoms with Crippen molar-refractivity contribution in [3.05, 3.63) is 72.6 Å². The molecule has 0 saturated heterocycles. The molecule has 2 N–H and O–H groups in total. The lowest BCUT2D eigenvalue weighted by molar-refractivity contribution is -0.120. The van der Waals surface area contributed by atoms with Crippen molar-refractivity contribution in [2.45, 2.75) is 24.3 Å². The maximum Gasteiger partial charge on any atom is 0.240 e. The molecule has 0 radical (unpaired) electrons. The Kier molecular flexibility index (Phi) is 7.51. The molecule has 0 fully saturated rings. The minimum atomic E-state index is -3.68. The second-order valence-corrected chi connectivity index (χ2v) is 8.09. The number of nitrogens with one attached hydrogen (secondary N) is 2. The normalized spacial score (nSPS) is 12.2. The predicted octanol–water partition coefficient (Wildman–Crippen LogP) is 2.68. The number of hydrogen-bond acceptors (Lipinski definition) is 4. The van der Waals surface area contributed by atoms with E-state index in [1.807, 2.05) is 30.3 Å². The molecule has 3 rings (SSSR count). The molecule has 0 bridgehead atoms. The fourth-order valence-electron chi connectivity index (χ4n) is 2.71. The predicted molar refractivity (Wildman–Crippen MR) is 112 cm³/mol. The second-order valence-electron chi connectivity index (χ2n) is 6.37. The lowest BCUT2D eigenvalue weighted by atomic mass is 10.1. The Balaban J connectivity index is 0.00000280. The molecule has 28 heavy (non-hydrogen) atoms. The number of carbonyl (C=O) groups excluding carboxylic acids is 1. The van der Waals surface area contributed by atoms with Crippen LogP contribution >= 0.6 is 12.4 Å². The zero-order valence-corrected chi connectivity index (χ0v) is 17.0. The maximum absolute atomic E-state index is 12.6. The molecule has 1 aromatic heterocycles. The van der Waals surface area contributed by atoms with Crippen molar-refractivity contribution < 1.29 is 13.2 Å². The van der Waals surface area contributed by atoms with E-state index in [0.717, 1.165) is 16.3 Å². The number of carbonyl (C=O) groups is 1. The highest BCUT2D eigenvalue weighted by Gasteiger charge is 2.18. The van der Waals surface area contributed by atoms with Crippen LogP contribution in [-0.4, -0.2) is 31.9 Å². The van der Waals surface area contributed by atoms with Gasteiger partial charge in [0.2, 0.25) is 15.9 Å². The number of pyridine rings is 1. The molecule has 1 amide bonds. The average molecular weight is 420 g/mol. The van der Waals surface area contributed by atoms with Gasteiger partial charge in [-0.3, -0.25) is 9.78 Å². The summed E-state index contributed by atoms with van der Waals surface area (Å²) in [5.41, 5.74) is 0.911. The van der Waals surface area contributed by atoms with Gasteiger partial charge in [-0.25, -0.2) is 13.1 Å². The molecule has 1 atom stereocenters. The Hall–Kier alpha value is -2.48. The van der Waals surface area contributed by atoms with Gasteiger partial charge in [0.15, 0.2) is 0 Å². The minimum Gasteiger partial charge on any atom is -0.354 e. The van der Waals surface area contributed by atoms with Gasteiger partial charge >= 0.3 is 0 Å². The van der Waals surface area contributed by atoms with Crippen molar-refractivity contribution in [2.24, 2.45) is 0 Å². The topological polar surface area (TPSA) is 88.2 Å². The van der Waals surface area contributed by atoms with Gasteiger partial charge in [-0.1, -0.05) is 36.4 Å². The molecule has 3 aromatic rings. The van der Waals surface area contributed by atoms with E-state index in [9.17, 15) is 13.2 Å². The summed E-state index contributed by atoms with van der Waals surface area (Å²) in [5.74, 6) is -0.148. The number of nitrogens with zero attached hydrogens (tertiary/aromatic N) is 1. The van der Waals surface area contributed by atoms with Crippen LogP contribution in [0.2, 0.25) is 0 Å². The molecule has 0 spiro atoms. The van der Waals surface area contributed by atoms with E-state index < -0.39 is 16.1 Å². The summed E-state index contributed by atoms with van der Waals surface area (Å²) in [6, 6.07) is 15.6. The number of sulfonamides is 1. The number of rotatable bonds is 7. The second kappa shape index (κ2) is 9.64. The Labute approximate surface area is 170 Å². The van der Waals surface area contributed by atoms with E-state index in [0.29, 0.717) is 0 Å². The van der Waals surface area contributed by atoms with Gasteiger partial charge in [0.05, 0.1) is 11.3 Å². The summed E-state index contributed by atoms with van der Waals surface area (Å²) in [7, 11) is -3.68. The van der Waals surface area contributed by atoms with Crippen molar-refractivity contribution in [3.8, 4) is 0 Å². The van der Waals surface area contributed by atoms with Crippen LogP contribution in [0, 0.1) is 0 Å². The SMILES string of the molecule is CC(CNC(=O)Cc1ccccc1)NS(=O)(=O)c1ccc2cnccc2c1.Cl. The Morgan fingerprint density at radius 1 is 1.07 bits per heavy atom. The quantitative estimate of drug-likeness (QED) is 0.616. The van der Waals surface area contributed by atoms with Crippen LogP contribution < -0.4 is 10.0 Å². The molecular formula is C20H22ClN3O3S. The summed E-state index contributed by atoms with van der Waals surface area (Å²) in [4.78, 5) is 16.2. The number of aromatic nitrogens is 1. The standard InChI is InChI=1S/C20H21N3O3S.ClH/c1-15(13-22-20(24)11-16-5-3-2-4-6-16)23-27(25,26)19-8-7-18-14-21-10-9-17(18)12-19;/h2-10,12,14-15,23H,11,13H2,1H3,(H,22,24);1H. The summed E-state index contributed by atoms with van der Waals surface area (Å²) in [5, 5.41) is 4.44. The van der Waals surface area contributed by atoms with E-state index in [4.69, 9.17) is 0 Å². The molecule has 0 aliphatic carbocycles. The van der Waals surface area contributed by atoms with Crippen molar-refractivity contribution >= 4 is 39.1 Å². The van der Waals surface area contributed by atoms with E-state index >= 15 is 0 Å².